The van der Waals surface area contributed by atoms with Gasteiger partial charge in [0.05, 0.1) is 22.1 Å². The third kappa shape index (κ3) is 2.72. The maximum Gasteiger partial charge on any atom is 0.248 e. The topological polar surface area (TPSA) is 22.2 Å². The molecule has 45 heavy (non-hydrogen) atoms. The molecule has 0 bridgehead atoms. The number of hydrogen-bond acceptors (Lipinski definition) is 1. The number of nitrogens with zero attached hydrogens (tertiary/aromatic N) is 3. The molecule has 2 aromatic heterocycles. The minimum atomic E-state index is 0.0416. The summed E-state index contributed by atoms with van der Waals surface area (Å²) >= 11 is 0. The van der Waals surface area contributed by atoms with Crippen LogP contribution in [0.4, 0.5) is 0 Å². The van der Waals surface area contributed by atoms with Gasteiger partial charge in [-0.1, -0.05) is 86.9 Å². The lowest BCUT2D eigenvalue weighted by atomic mass is 9.32. The first-order valence-corrected chi connectivity index (χ1v) is 16.4. The van der Waals surface area contributed by atoms with Gasteiger partial charge >= 0.3 is 0 Å². The molecule has 0 saturated carbocycles. The smallest absolute Gasteiger partial charge is 0.248 e. The lowest BCUT2D eigenvalue weighted by Crippen LogP contribution is -2.59. The third-order valence-electron chi connectivity index (χ3n) is 11.5. The van der Waals surface area contributed by atoms with E-state index in [-0.39, 0.29) is 12.1 Å². The summed E-state index contributed by atoms with van der Waals surface area (Å²) in [5.41, 5.74) is 20.4. The molecule has 0 amide bonds. The Kier molecular flexibility index (Phi) is 4.18. The van der Waals surface area contributed by atoms with Crippen LogP contribution in [0.25, 0.3) is 66.2 Å². The van der Waals surface area contributed by atoms with E-state index >= 15 is 0 Å². The van der Waals surface area contributed by atoms with Crippen molar-refractivity contribution < 1.29 is 0 Å². The molecule has 2 aliphatic heterocycles. The van der Waals surface area contributed by atoms with E-state index in [2.05, 4.69) is 122 Å². The first-order chi connectivity index (χ1) is 21.8. The van der Waals surface area contributed by atoms with E-state index in [1.54, 1.807) is 5.56 Å². The quantitative estimate of drug-likeness (QED) is 0.171. The van der Waals surface area contributed by atoms with Gasteiger partial charge in [0.1, 0.15) is 0 Å². The molecule has 0 spiro atoms. The van der Waals surface area contributed by atoms with Crippen LogP contribution >= 0.6 is 0 Å². The Balaban J connectivity index is 1.48. The monoisotopic (exact) mass is 577 g/mol. The number of rotatable bonds is 0. The maximum absolute atomic E-state index is 5.53. The van der Waals surface area contributed by atoms with E-state index in [0.717, 1.165) is 24.1 Å². The summed E-state index contributed by atoms with van der Waals surface area (Å²) in [7, 11) is 0. The summed E-state index contributed by atoms with van der Waals surface area (Å²) in [5, 5.41) is 5.66. The Morgan fingerprint density at radius 1 is 0.778 bits per heavy atom. The number of fused-ring (bicyclic) bond motifs is 11. The Morgan fingerprint density at radius 2 is 1.60 bits per heavy atom. The van der Waals surface area contributed by atoms with Crippen molar-refractivity contribution >= 4 is 72.5 Å². The first kappa shape index (κ1) is 24.5. The average molecular weight is 578 g/mol. The third-order valence-corrected chi connectivity index (χ3v) is 11.5. The van der Waals surface area contributed by atoms with Gasteiger partial charge in [0.2, 0.25) is 12.5 Å². The van der Waals surface area contributed by atoms with Crippen molar-refractivity contribution in [1.82, 2.24) is 14.0 Å². The lowest BCUT2D eigenvalue weighted by Gasteiger charge is -2.37. The number of hydrogen-bond donors (Lipinski definition) is 0. The highest BCUT2D eigenvalue weighted by Crippen LogP contribution is 2.47. The summed E-state index contributed by atoms with van der Waals surface area (Å²) in [6.07, 6.45) is 2.19. The van der Waals surface area contributed by atoms with Crippen molar-refractivity contribution in [2.45, 2.75) is 52.9 Å². The Morgan fingerprint density at radius 3 is 2.44 bits per heavy atom. The normalized spacial score (nSPS) is 14.6. The van der Waals surface area contributed by atoms with Crippen LogP contribution < -0.4 is 16.4 Å². The highest BCUT2D eigenvalue weighted by atomic mass is 15.2. The predicted octanol–water partition coefficient (Wildman–Crippen LogP) is 7.56. The number of benzene rings is 6. The van der Waals surface area contributed by atoms with E-state index in [1.165, 1.54) is 93.6 Å². The minimum absolute atomic E-state index is 0.0416. The fourth-order valence-corrected chi connectivity index (χ4v) is 9.32. The molecule has 1 aliphatic carbocycles. The van der Waals surface area contributed by atoms with E-state index < -0.39 is 0 Å². The predicted molar refractivity (Wildman–Crippen MR) is 190 cm³/mol. The minimum Gasteiger partial charge on any atom is -0.281 e. The maximum atomic E-state index is 5.53. The van der Waals surface area contributed by atoms with Gasteiger partial charge in [-0.3, -0.25) is 8.97 Å². The van der Waals surface area contributed by atoms with Crippen molar-refractivity contribution in [3.63, 3.8) is 0 Å². The van der Waals surface area contributed by atoms with Crippen molar-refractivity contribution in [1.29, 1.82) is 0 Å². The van der Waals surface area contributed by atoms with Crippen LogP contribution in [0.3, 0.4) is 0 Å². The highest BCUT2D eigenvalue weighted by molar-refractivity contribution is 7.01. The summed E-state index contributed by atoms with van der Waals surface area (Å²) in [5.74, 6) is 1.01. The molecule has 8 aromatic rings. The van der Waals surface area contributed by atoms with Crippen molar-refractivity contribution in [3.8, 4) is 16.8 Å². The largest absolute Gasteiger partial charge is 0.281 e. The van der Waals surface area contributed by atoms with Gasteiger partial charge in [0.15, 0.2) is 0 Å². The van der Waals surface area contributed by atoms with E-state index in [9.17, 15) is 0 Å². The molecule has 3 aliphatic rings. The van der Waals surface area contributed by atoms with E-state index in [1.807, 2.05) is 0 Å². The van der Waals surface area contributed by atoms with Gasteiger partial charge in [-0.25, -0.2) is 4.98 Å². The Bertz CT molecular complexity index is 2710. The number of imidazole rings is 1. The Labute approximate surface area is 262 Å². The average Bonchev–Trinajstić information content (AvgIpc) is 3.65. The molecule has 214 valence electrons. The van der Waals surface area contributed by atoms with Crippen molar-refractivity contribution in [3.05, 3.63) is 107 Å². The summed E-state index contributed by atoms with van der Waals surface area (Å²) in [4.78, 5) is 5.53. The van der Waals surface area contributed by atoms with E-state index in [0.29, 0.717) is 0 Å². The SMILES string of the molecule is Cc1ccc2c(nc3n4c5c6c(c7c8c(ccc(c85)n23)CC7)-c2cccc3cccc(c23)B6c2cc(C(C)(C)C)ccc2-4)c1C. The van der Waals surface area contributed by atoms with Crippen LogP contribution in [0.5, 0.6) is 0 Å². The van der Waals surface area contributed by atoms with Gasteiger partial charge in [0.25, 0.3) is 0 Å². The van der Waals surface area contributed by atoms with Crippen LogP contribution in [-0.2, 0) is 18.3 Å². The van der Waals surface area contributed by atoms with Crippen LogP contribution in [0.2, 0.25) is 0 Å². The molecule has 0 fully saturated rings. The lowest BCUT2D eigenvalue weighted by molar-refractivity contribution is 0.590. The molecule has 4 heterocycles. The zero-order valence-corrected chi connectivity index (χ0v) is 26.3. The molecule has 4 heteroatoms. The second-order valence-corrected chi connectivity index (χ2v) is 14.8. The van der Waals surface area contributed by atoms with Crippen molar-refractivity contribution in [2.24, 2.45) is 0 Å². The molecule has 0 saturated heterocycles. The molecule has 11 rings (SSSR count). The zero-order valence-electron chi connectivity index (χ0n) is 26.3. The molecule has 3 nitrogen and oxygen atoms in total. The highest BCUT2D eigenvalue weighted by Gasteiger charge is 2.43. The van der Waals surface area contributed by atoms with Gasteiger partial charge in [0, 0.05) is 11.1 Å². The molecule has 0 unspecified atom stereocenters. The van der Waals surface area contributed by atoms with Crippen LogP contribution in [0, 0.1) is 13.8 Å². The summed E-state index contributed by atoms with van der Waals surface area (Å²) in [6.45, 7) is 11.6. The molecular formula is C41H32BN3. The number of aromatic nitrogens is 3. The van der Waals surface area contributed by atoms with Gasteiger partial charge in [-0.2, -0.15) is 0 Å². The van der Waals surface area contributed by atoms with E-state index in [4.69, 9.17) is 4.98 Å². The van der Waals surface area contributed by atoms with Gasteiger partial charge < -0.3 is 0 Å². The van der Waals surface area contributed by atoms with Crippen LogP contribution in [0.15, 0.2) is 78.9 Å². The fourth-order valence-electron chi connectivity index (χ4n) is 9.32. The second-order valence-electron chi connectivity index (χ2n) is 14.8. The fraction of sp³-hybridized carbons (Fsp3) is 0.195. The van der Waals surface area contributed by atoms with Gasteiger partial charge in [-0.15, -0.1) is 0 Å². The molecule has 0 atom stereocenters. The van der Waals surface area contributed by atoms with Crippen LogP contribution in [0.1, 0.15) is 48.6 Å². The van der Waals surface area contributed by atoms with Crippen molar-refractivity contribution in [2.75, 3.05) is 0 Å². The summed E-state index contributed by atoms with van der Waals surface area (Å²) < 4.78 is 5.01. The Hall–Kier alpha value is -4.83. The first-order valence-electron chi connectivity index (χ1n) is 16.4. The molecular weight excluding hydrogens is 545 g/mol. The van der Waals surface area contributed by atoms with Crippen LogP contribution in [-0.4, -0.2) is 20.7 Å². The standard InChI is InChI=1S/C41H32BN3/c1-21-12-17-32-38(22(21)2)43-40-44(32)31-18-14-24-13-16-27-34(24)36(31)39-37-35(27)26-10-6-8-23-9-7-11-28(33(23)26)42(37)29-20-25(41(3,4)5)15-19-30(29)45(39)40/h6-12,14-15,17-20H,13,16H2,1-5H3. The molecule has 0 radical (unpaired) electrons. The number of aryl methyl sites for hydroxylation is 4. The molecule has 0 N–H and O–H groups in total. The molecule has 6 aromatic carbocycles. The second kappa shape index (κ2) is 7.69. The zero-order chi connectivity index (χ0) is 30.1. The summed E-state index contributed by atoms with van der Waals surface area (Å²) in [6, 6.07) is 30.5. The van der Waals surface area contributed by atoms with Gasteiger partial charge in [-0.05, 0) is 116 Å².